The van der Waals surface area contributed by atoms with E-state index in [-0.39, 0.29) is 31.3 Å². The summed E-state index contributed by atoms with van der Waals surface area (Å²) in [6, 6.07) is -0.266. The van der Waals surface area contributed by atoms with Crippen LogP contribution in [0.25, 0.3) is 0 Å². The first kappa shape index (κ1) is 14.2. The fourth-order valence-corrected chi connectivity index (χ4v) is 1.12. The Hall–Kier alpha value is -0.810. The quantitative estimate of drug-likeness (QED) is 0.630. The highest BCUT2D eigenvalue weighted by molar-refractivity contribution is 5.74. The fraction of sp³-hybridized carbons (Fsp3) is 0.900. The first-order chi connectivity index (χ1) is 6.76. The van der Waals surface area contributed by atoms with Crippen LogP contribution < -0.4 is 5.32 Å². The van der Waals surface area contributed by atoms with Crippen LogP contribution in [0.3, 0.4) is 0 Å². The van der Waals surface area contributed by atoms with Gasteiger partial charge in [0.25, 0.3) is 0 Å². The Morgan fingerprint density at radius 3 is 2.33 bits per heavy atom. The highest BCUT2D eigenvalue weighted by Crippen LogP contribution is 2.01. The molecule has 1 atom stereocenters. The van der Waals surface area contributed by atoms with Crippen molar-refractivity contribution in [2.45, 2.75) is 39.3 Å². The van der Waals surface area contributed by atoms with Crippen molar-refractivity contribution in [3.8, 4) is 0 Å². The maximum absolute atomic E-state index is 11.7. The molecule has 0 radical (unpaired) electrons. The summed E-state index contributed by atoms with van der Waals surface area (Å²) in [4.78, 5) is 13.1. The van der Waals surface area contributed by atoms with Gasteiger partial charge in [0.05, 0.1) is 12.7 Å². The van der Waals surface area contributed by atoms with E-state index in [4.69, 9.17) is 5.11 Å². The molecule has 0 spiro atoms. The van der Waals surface area contributed by atoms with Gasteiger partial charge in [0.1, 0.15) is 0 Å². The molecule has 0 aromatic rings. The van der Waals surface area contributed by atoms with Crippen LogP contribution in [0.5, 0.6) is 0 Å². The third kappa shape index (κ3) is 7.16. The molecule has 0 heterocycles. The largest absolute Gasteiger partial charge is 0.395 e. The molecule has 0 bridgehead atoms. The number of nitrogens with zero attached hydrogens (tertiary/aromatic N) is 1. The van der Waals surface area contributed by atoms with Crippen molar-refractivity contribution < 1.29 is 15.0 Å². The molecule has 0 aliphatic rings. The number of aliphatic hydroxyl groups excluding tert-OH is 2. The Morgan fingerprint density at radius 1 is 1.47 bits per heavy atom. The van der Waals surface area contributed by atoms with Gasteiger partial charge in [-0.15, -0.1) is 0 Å². The standard InChI is InChI=1S/C10H22N2O3/c1-8(14)7-12(5-6-13)9(15)11-10(2,3)4/h8,13-14H,5-7H2,1-4H3,(H,11,15). The number of hydrogen-bond donors (Lipinski definition) is 3. The molecule has 5 heteroatoms. The predicted molar refractivity (Wildman–Crippen MR) is 58.6 cm³/mol. The molecule has 0 saturated carbocycles. The summed E-state index contributed by atoms with van der Waals surface area (Å²) >= 11 is 0. The van der Waals surface area contributed by atoms with Crippen LogP contribution in [-0.4, -0.2) is 52.5 Å². The lowest BCUT2D eigenvalue weighted by Gasteiger charge is -2.28. The molecular formula is C10H22N2O3. The molecule has 0 fully saturated rings. The zero-order valence-corrected chi connectivity index (χ0v) is 9.95. The number of hydrogen-bond acceptors (Lipinski definition) is 3. The number of amides is 2. The van der Waals surface area contributed by atoms with Gasteiger partial charge in [0, 0.05) is 18.6 Å². The van der Waals surface area contributed by atoms with E-state index in [9.17, 15) is 9.90 Å². The van der Waals surface area contributed by atoms with E-state index >= 15 is 0 Å². The van der Waals surface area contributed by atoms with Crippen molar-refractivity contribution in [1.29, 1.82) is 0 Å². The lowest BCUT2D eigenvalue weighted by atomic mass is 10.1. The summed E-state index contributed by atoms with van der Waals surface area (Å²) in [5, 5.41) is 20.8. The van der Waals surface area contributed by atoms with Gasteiger partial charge in [-0.05, 0) is 27.7 Å². The number of urea groups is 1. The highest BCUT2D eigenvalue weighted by Gasteiger charge is 2.20. The zero-order valence-electron chi connectivity index (χ0n) is 9.95. The minimum absolute atomic E-state index is 0.107. The Labute approximate surface area is 91.1 Å². The molecule has 2 amide bonds. The van der Waals surface area contributed by atoms with Crippen molar-refractivity contribution in [2.75, 3.05) is 19.7 Å². The van der Waals surface area contributed by atoms with E-state index < -0.39 is 6.10 Å². The Bertz CT molecular complexity index is 199. The van der Waals surface area contributed by atoms with Crippen LogP contribution in [0.2, 0.25) is 0 Å². The number of nitrogens with one attached hydrogen (secondary N) is 1. The van der Waals surface area contributed by atoms with Crippen LogP contribution >= 0.6 is 0 Å². The average Bonchev–Trinajstić information content (AvgIpc) is 1.99. The molecule has 15 heavy (non-hydrogen) atoms. The van der Waals surface area contributed by atoms with Crippen LogP contribution in [0.1, 0.15) is 27.7 Å². The molecule has 3 N–H and O–H groups in total. The van der Waals surface area contributed by atoms with E-state index in [1.807, 2.05) is 20.8 Å². The van der Waals surface area contributed by atoms with Crippen molar-refractivity contribution in [2.24, 2.45) is 0 Å². The van der Waals surface area contributed by atoms with Gasteiger partial charge in [0.15, 0.2) is 0 Å². The molecule has 0 aromatic heterocycles. The van der Waals surface area contributed by atoms with Crippen molar-refractivity contribution in [3.63, 3.8) is 0 Å². The molecule has 90 valence electrons. The monoisotopic (exact) mass is 218 g/mol. The first-order valence-electron chi connectivity index (χ1n) is 5.12. The topological polar surface area (TPSA) is 72.8 Å². The lowest BCUT2D eigenvalue weighted by Crippen LogP contribution is -2.50. The molecule has 0 aromatic carbocycles. The summed E-state index contributed by atoms with van der Waals surface area (Å²) in [6.07, 6.45) is -0.595. The Morgan fingerprint density at radius 2 is 2.00 bits per heavy atom. The Balaban J connectivity index is 4.28. The zero-order chi connectivity index (χ0) is 12.1. The van der Waals surface area contributed by atoms with Gasteiger partial charge in [-0.3, -0.25) is 0 Å². The molecule has 1 unspecified atom stereocenters. The lowest BCUT2D eigenvalue weighted by molar-refractivity contribution is 0.117. The van der Waals surface area contributed by atoms with Crippen molar-refractivity contribution in [1.82, 2.24) is 10.2 Å². The second kappa shape index (κ2) is 5.92. The molecule has 0 rings (SSSR count). The van der Waals surface area contributed by atoms with E-state index in [1.165, 1.54) is 4.90 Å². The second-order valence-corrected chi connectivity index (χ2v) is 4.70. The Kier molecular flexibility index (Phi) is 5.60. The molecule has 0 aliphatic heterocycles. The SMILES string of the molecule is CC(O)CN(CCO)C(=O)NC(C)(C)C. The molecule has 5 nitrogen and oxygen atoms in total. The summed E-state index contributed by atoms with van der Waals surface area (Å²) < 4.78 is 0. The maximum Gasteiger partial charge on any atom is 0.317 e. The summed E-state index contributed by atoms with van der Waals surface area (Å²) in [6.45, 7) is 7.59. The van der Waals surface area contributed by atoms with Gasteiger partial charge in [-0.2, -0.15) is 0 Å². The van der Waals surface area contributed by atoms with Gasteiger partial charge < -0.3 is 20.4 Å². The smallest absolute Gasteiger partial charge is 0.317 e. The third-order valence-corrected chi connectivity index (χ3v) is 1.62. The summed E-state index contributed by atoms with van der Waals surface area (Å²) in [7, 11) is 0. The molecule has 0 aliphatic carbocycles. The van der Waals surface area contributed by atoms with Crippen LogP contribution in [0.4, 0.5) is 4.79 Å². The average molecular weight is 218 g/mol. The van der Waals surface area contributed by atoms with Gasteiger partial charge >= 0.3 is 6.03 Å². The van der Waals surface area contributed by atoms with Crippen LogP contribution in [0.15, 0.2) is 0 Å². The van der Waals surface area contributed by atoms with Gasteiger partial charge in [-0.25, -0.2) is 4.79 Å². The second-order valence-electron chi connectivity index (χ2n) is 4.70. The van der Waals surface area contributed by atoms with Crippen LogP contribution in [0, 0.1) is 0 Å². The predicted octanol–water partition coefficient (Wildman–Crippen LogP) is 0.170. The normalized spacial score (nSPS) is 13.5. The third-order valence-electron chi connectivity index (χ3n) is 1.62. The number of rotatable bonds is 4. The minimum atomic E-state index is -0.595. The van der Waals surface area contributed by atoms with Crippen molar-refractivity contribution in [3.05, 3.63) is 0 Å². The number of carbonyl (C=O) groups excluding carboxylic acids is 1. The van der Waals surface area contributed by atoms with E-state index in [0.29, 0.717) is 0 Å². The first-order valence-corrected chi connectivity index (χ1v) is 5.12. The van der Waals surface area contributed by atoms with E-state index in [2.05, 4.69) is 5.32 Å². The molecule has 0 saturated heterocycles. The van der Waals surface area contributed by atoms with Crippen LogP contribution in [-0.2, 0) is 0 Å². The fourth-order valence-electron chi connectivity index (χ4n) is 1.12. The van der Waals surface area contributed by atoms with E-state index in [0.717, 1.165) is 0 Å². The minimum Gasteiger partial charge on any atom is -0.395 e. The van der Waals surface area contributed by atoms with Gasteiger partial charge in [-0.1, -0.05) is 0 Å². The van der Waals surface area contributed by atoms with E-state index in [1.54, 1.807) is 6.92 Å². The highest BCUT2D eigenvalue weighted by atomic mass is 16.3. The molecular weight excluding hydrogens is 196 g/mol. The summed E-state index contributed by atoms with van der Waals surface area (Å²) in [5.41, 5.74) is -0.316. The van der Waals surface area contributed by atoms with Crippen molar-refractivity contribution >= 4 is 6.03 Å². The number of aliphatic hydroxyl groups is 2. The summed E-state index contributed by atoms with van der Waals surface area (Å²) in [5.74, 6) is 0. The maximum atomic E-state index is 11.7. The van der Waals surface area contributed by atoms with Gasteiger partial charge in [0.2, 0.25) is 0 Å². The number of carbonyl (C=O) groups is 1.